The average Bonchev–Trinajstić information content (AvgIpc) is 2.29. The van der Waals surface area contributed by atoms with E-state index in [0.29, 0.717) is 0 Å². The van der Waals surface area contributed by atoms with Crippen molar-refractivity contribution in [2.45, 2.75) is 25.3 Å². The normalized spacial score (nSPS) is 24.5. The number of carboxylic acid groups (broad SMARTS) is 1. The van der Waals surface area contributed by atoms with E-state index >= 15 is 0 Å². The minimum Gasteiger partial charge on any atom is -0.481 e. The number of piperidine rings is 1. The molecule has 0 aliphatic carbocycles. The fraction of sp³-hybridized carbons (Fsp3) is 0.462. The molecule has 3 nitrogen and oxygen atoms in total. The molecular formula is C13H16FNO2. The number of hydrogen-bond acceptors (Lipinski definition) is 2. The maximum Gasteiger partial charge on any atom is 0.303 e. The molecule has 1 aliphatic rings. The van der Waals surface area contributed by atoms with Crippen LogP contribution in [0.5, 0.6) is 0 Å². The van der Waals surface area contributed by atoms with Crippen LogP contribution in [0.2, 0.25) is 0 Å². The van der Waals surface area contributed by atoms with Crippen molar-refractivity contribution >= 4 is 5.97 Å². The first-order valence-corrected chi connectivity index (χ1v) is 5.87. The van der Waals surface area contributed by atoms with Crippen molar-refractivity contribution in [3.8, 4) is 0 Å². The van der Waals surface area contributed by atoms with Gasteiger partial charge in [-0.3, -0.25) is 4.79 Å². The van der Waals surface area contributed by atoms with E-state index in [-0.39, 0.29) is 24.2 Å². The summed E-state index contributed by atoms with van der Waals surface area (Å²) in [6, 6.07) is 6.35. The van der Waals surface area contributed by atoms with Gasteiger partial charge in [-0.2, -0.15) is 0 Å². The van der Waals surface area contributed by atoms with Crippen molar-refractivity contribution in [2.75, 3.05) is 6.54 Å². The third-order valence-electron chi connectivity index (χ3n) is 3.23. The smallest absolute Gasteiger partial charge is 0.303 e. The van der Waals surface area contributed by atoms with Gasteiger partial charge in [-0.15, -0.1) is 0 Å². The fourth-order valence-electron chi connectivity index (χ4n) is 2.49. The zero-order valence-electron chi connectivity index (χ0n) is 9.53. The molecule has 1 aliphatic heterocycles. The van der Waals surface area contributed by atoms with Gasteiger partial charge in [0.1, 0.15) is 5.82 Å². The van der Waals surface area contributed by atoms with Crippen molar-refractivity contribution in [3.05, 3.63) is 35.6 Å². The van der Waals surface area contributed by atoms with E-state index < -0.39 is 5.97 Å². The van der Waals surface area contributed by atoms with E-state index in [4.69, 9.17) is 5.11 Å². The second-order valence-electron chi connectivity index (χ2n) is 4.49. The van der Waals surface area contributed by atoms with Gasteiger partial charge in [0, 0.05) is 12.5 Å². The minimum absolute atomic E-state index is 0.0445. The molecule has 0 unspecified atom stereocenters. The van der Waals surface area contributed by atoms with Crippen LogP contribution in [0.1, 0.15) is 30.9 Å². The number of hydrogen-bond donors (Lipinski definition) is 2. The van der Waals surface area contributed by atoms with Crippen molar-refractivity contribution in [2.24, 2.45) is 5.92 Å². The number of carboxylic acids is 1. The number of rotatable bonds is 3. The molecule has 0 aromatic heterocycles. The van der Waals surface area contributed by atoms with Gasteiger partial charge in [0.2, 0.25) is 0 Å². The number of aliphatic carboxylic acids is 1. The third kappa shape index (κ3) is 3.03. The van der Waals surface area contributed by atoms with Gasteiger partial charge in [0.05, 0.1) is 0 Å². The molecule has 0 amide bonds. The summed E-state index contributed by atoms with van der Waals surface area (Å²) in [5.74, 6) is -1.02. The van der Waals surface area contributed by atoms with Crippen LogP contribution in [0.4, 0.5) is 4.39 Å². The summed E-state index contributed by atoms with van der Waals surface area (Å²) in [7, 11) is 0. The Balaban J connectivity index is 2.18. The van der Waals surface area contributed by atoms with Gasteiger partial charge in [-0.05, 0) is 43.0 Å². The molecule has 0 spiro atoms. The quantitative estimate of drug-likeness (QED) is 0.848. The Morgan fingerprint density at radius 2 is 2.35 bits per heavy atom. The van der Waals surface area contributed by atoms with Crippen LogP contribution < -0.4 is 5.32 Å². The first-order valence-electron chi connectivity index (χ1n) is 5.87. The molecule has 1 aromatic rings. The Bertz CT molecular complexity index is 408. The summed E-state index contributed by atoms with van der Waals surface area (Å²) in [6.07, 6.45) is 1.98. The Morgan fingerprint density at radius 3 is 3.06 bits per heavy atom. The Labute approximate surface area is 99.7 Å². The molecule has 1 fully saturated rings. The van der Waals surface area contributed by atoms with E-state index in [1.165, 1.54) is 12.1 Å². The lowest BCUT2D eigenvalue weighted by Gasteiger charge is -2.32. The molecule has 1 heterocycles. The monoisotopic (exact) mass is 237 g/mol. The van der Waals surface area contributed by atoms with E-state index in [9.17, 15) is 9.18 Å². The van der Waals surface area contributed by atoms with Crippen LogP contribution in [0.3, 0.4) is 0 Å². The van der Waals surface area contributed by atoms with Crippen LogP contribution in [-0.2, 0) is 4.79 Å². The van der Waals surface area contributed by atoms with Crippen molar-refractivity contribution < 1.29 is 14.3 Å². The second-order valence-corrected chi connectivity index (χ2v) is 4.49. The van der Waals surface area contributed by atoms with Crippen LogP contribution >= 0.6 is 0 Å². The number of halogens is 1. The van der Waals surface area contributed by atoms with Gasteiger partial charge >= 0.3 is 5.97 Å². The van der Waals surface area contributed by atoms with Crippen LogP contribution in [0, 0.1) is 11.7 Å². The lowest BCUT2D eigenvalue weighted by molar-refractivity contribution is -0.138. The SMILES string of the molecule is O=C(O)C[C@H]1CCCN[C@@H]1c1cccc(F)c1. The van der Waals surface area contributed by atoms with Crippen LogP contribution in [-0.4, -0.2) is 17.6 Å². The second kappa shape index (κ2) is 5.27. The first-order chi connectivity index (χ1) is 8.16. The molecule has 17 heavy (non-hydrogen) atoms. The van der Waals surface area contributed by atoms with Gasteiger partial charge in [-0.25, -0.2) is 4.39 Å². The van der Waals surface area contributed by atoms with Crippen molar-refractivity contribution in [1.82, 2.24) is 5.32 Å². The molecule has 92 valence electrons. The molecule has 0 radical (unpaired) electrons. The van der Waals surface area contributed by atoms with Crippen molar-refractivity contribution in [3.63, 3.8) is 0 Å². The average molecular weight is 237 g/mol. The highest BCUT2D eigenvalue weighted by Crippen LogP contribution is 2.31. The lowest BCUT2D eigenvalue weighted by Crippen LogP contribution is -2.35. The van der Waals surface area contributed by atoms with Crippen LogP contribution in [0.25, 0.3) is 0 Å². The Kier molecular flexibility index (Phi) is 3.74. The highest BCUT2D eigenvalue weighted by Gasteiger charge is 2.28. The summed E-state index contributed by atoms with van der Waals surface area (Å²) in [5, 5.41) is 12.2. The molecular weight excluding hydrogens is 221 g/mol. The van der Waals surface area contributed by atoms with Gasteiger partial charge in [0.25, 0.3) is 0 Å². The Hall–Kier alpha value is -1.42. The molecule has 2 atom stereocenters. The Morgan fingerprint density at radius 1 is 1.53 bits per heavy atom. The zero-order chi connectivity index (χ0) is 12.3. The van der Waals surface area contributed by atoms with E-state index in [0.717, 1.165) is 24.9 Å². The largest absolute Gasteiger partial charge is 0.481 e. The molecule has 4 heteroatoms. The van der Waals surface area contributed by atoms with Gasteiger partial charge < -0.3 is 10.4 Å². The summed E-state index contributed by atoms with van der Waals surface area (Å²) in [4.78, 5) is 10.8. The molecule has 1 saturated heterocycles. The lowest BCUT2D eigenvalue weighted by atomic mass is 9.84. The van der Waals surface area contributed by atoms with E-state index in [1.807, 2.05) is 6.07 Å². The first kappa shape index (κ1) is 12.0. The zero-order valence-corrected chi connectivity index (χ0v) is 9.53. The fourth-order valence-corrected chi connectivity index (χ4v) is 2.49. The van der Waals surface area contributed by atoms with Gasteiger partial charge in [0.15, 0.2) is 0 Å². The third-order valence-corrected chi connectivity index (χ3v) is 3.23. The maximum absolute atomic E-state index is 13.2. The summed E-state index contributed by atoms with van der Waals surface area (Å²) < 4.78 is 13.2. The molecule has 2 N–H and O–H groups in total. The minimum atomic E-state index is -0.792. The van der Waals surface area contributed by atoms with Crippen LogP contribution in [0.15, 0.2) is 24.3 Å². The predicted octanol–water partition coefficient (Wildman–Crippen LogP) is 2.34. The molecule has 0 bridgehead atoms. The summed E-state index contributed by atoms with van der Waals surface area (Å²) >= 11 is 0. The molecule has 0 saturated carbocycles. The molecule has 2 rings (SSSR count). The van der Waals surface area contributed by atoms with Gasteiger partial charge in [-0.1, -0.05) is 12.1 Å². The standard InChI is InChI=1S/C13H16FNO2/c14-11-5-1-3-9(7-11)13-10(8-12(16)17)4-2-6-15-13/h1,3,5,7,10,13,15H,2,4,6,8H2,(H,16,17)/t10-,13-/m1/s1. The summed E-state index contributed by atoms with van der Waals surface area (Å²) in [5.41, 5.74) is 0.843. The van der Waals surface area contributed by atoms with E-state index in [2.05, 4.69) is 5.32 Å². The molecule has 1 aromatic carbocycles. The van der Waals surface area contributed by atoms with E-state index in [1.54, 1.807) is 6.07 Å². The highest BCUT2D eigenvalue weighted by atomic mass is 19.1. The number of carbonyl (C=O) groups is 1. The topological polar surface area (TPSA) is 49.3 Å². The maximum atomic E-state index is 13.2. The number of benzene rings is 1. The van der Waals surface area contributed by atoms with Crippen molar-refractivity contribution in [1.29, 1.82) is 0 Å². The number of nitrogens with one attached hydrogen (secondary N) is 1. The predicted molar refractivity (Wildman–Crippen MR) is 62.1 cm³/mol. The summed E-state index contributed by atoms with van der Waals surface area (Å²) in [6.45, 7) is 0.858. The highest BCUT2D eigenvalue weighted by molar-refractivity contribution is 5.67.